The van der Waals surface area contributed by atoms with E-state index in [2.05, 4.69) is 46.1 Å². The second-order valence-corrected chi connectivity index (χ2v) is 7.92. The van der Waals surface area contributed by atoms with Gasteiger partial charge in [0.1, 0.15) is 0 Å². The second-order valence-electron chi connectivity index (χ2n) is 7.92. The lowest BCUT2D eigenvalue weighted by Gasteiger charge is -2.48. The highest BCUT2D eigenvalue weighted by molar-refractivity contribution is 5.83. The summed E-state index contributed by atoms with van der Waals surface area (Å²) in [4.78, 5) is 20.7. The second kappa shape index (κ2) is 8.44. The Bertz CT molecular complexity index is 770. The van der Waals surface area contributed by atoms with Crippen molar-refractivity contribution in [3.05, 3.63) is 36.0 Å². The van der Waals surface area contributed by atoms with Gasteiger partial charge in [-0.1, -0.05) is 31.5 Å². The number of para-hydroxylation sites is 1. The zero-order valence-electron chi connectivity index (χ0n) is 16.3. The van der Waals surface area contributed by atoms with Crippen molar-refractivity contribution >= 4 is 16.8 Å². The summed E-state index contributed by atoms with van der Waals surface area (Å²) in [7, 11) is 0. The number of H-pyrrole nitrogens is 1. The van der Waals surface area contributed by atoms with Crippen molar-refractivity contribution in [2.24, 2.45) is 0 Å². The van der Waals surface area contributed by atoms with Crippen molar-refractivity contribution in [3.8, 4) is 0 Å². The van der Waals surface area contributed by atoms with E-state index in [0.29, 0.717) is 24.4 Å². The van der Waals surface area contributed by atoms with Gasteiger partial charge >= 0.3 is 0 Å². The molecule has 146 valence electrons. The largest absolute Gasteiger partial charge is 0.378 e. The molecule has 2 atom stereocenters. The number of benzene rings is 1. The number of morpholine rings is 1. The number of nitrogens with zero attached hydrogens (tertiary/aromatic N) is 2. The van der Waals surface area contributed by atoms with Gasteiger partial charge in [-0.05, 0) is 30.9 Å². The maximum atomic E-state index is 12.7. The number of fused-ring (bicyclic) bond motifs is 2. The van der Waals surface area contributed by atoms with Crippen LogP contribution >= 0.6 is 0 Å². The Morgan fingerprint density at radius 1 is 1.26 bits per heavy atom. The Kier molecular flexibility index (Phi) is 5.79. The molecule has 4 rings (SSSR count). The molecule has 2 aromatic rings. The number of rotatable bonds is 6. The van der Waals surface area contributed by atoms with Gasteiger partial charge in [0.25, 0.3) is 0 Å². The summed E-state index contributed by atoms with van der Waals surface area (Å²) in [6, 6.07) is 9.28. The zero-order valence-corrected chi connectivity index (χ0v) is 16.3. The molecule has 2 fully saturated rings. The van der Waals surface area contributed by atoms with Crippen LogP contribution in [0.3, 0.4) is 0 Å². The van der Waals surface area contributed by atoms with Gasteiger partial charge in [0.15, 0.2) is 0 Å². The minimum absolute atomic E-state index is 0.298. The zero-order chi connectivity index (χ0) is 18.6. The molecule has 1 N–H and O–H groups in total. The third kappa shape index (κ3) is 4.04. The maximum absolute atomic E-state index is 12.7. The molecule has 1 aromatic heterocycles. The standard InChI is InChI=1S/C22H31N3O2/c1-2-6-18-15-27-16-19-14-24(11-12-25(18)19)22(26)10-5-7-17-13-23-21-9-4-3-8-20(17)21/h3-4,8-9,13,18-19,23H,2,5-7,10-12,14-16H2,1H3/t18-,19+/m0/s1. The predicted octanol–water partition coefficient (Wildman–Crippen LogP) is 3.20. The topological polar surface area (TPSA) is 48.6 Å². The molecular formula is C22H31N3O2. The maximum Gasteiger partial charge on any atom is 0.222 e. The number of hydrogen-bond donors (Lipinski definition) is 1. The van der Waals surface area contributed by atoms with E-state index in [1.807, 2.05) is 6.07 Å². The number of piperazine rings is 1. The van der Waals surface area contributed by atoms with Crippen LogP contribution in [0.4, 0.5) is 0 Å². The summed E-state index contributed by atoms with van der Waals surface area (Å²) in [6.45, 7) is 6.53. The van der Waals surface area contributed by atoms with Gasteiger partial charge in [-0.3, -0.25) is 9.69 Å². The first kappa shape index (κ1) is 18.5. The fourth-order valence-corrected chi connectivity index (χ4v) is 4.67. The summed E-state index contributed by atoms with van der Waals surface area (Å²) in [5.74, 6) is 0.298. The molecule has 0 radical (unpaired) electrons. The Morgan fingerprint density at radius 3 is 3.04 bits per heavy atom. The average Bonchev–Trinajstić information content (AvgIpc) is 3.11. The quantitative estimate of drug-likeness (QED) is 0.851. The van der Waals surface area contributed by atoms with Gasteiger partial charge in [0, 0.05) is 49.2 Å². The Labute approximate surface area is 161 Å². The van der Waals surface area contributed by atoms with E-state index in [1.165, 1.54) is 29.3 Å². The summed E-state index contributed by atoms with van der Waals surface area (Å²) < 4.78 is 5.82. The molecule has 3 heterocycles. The number of hydrogen-bond acceptors (Lipinski definition) is 3. The molecule has 1 amide bonds. The van der Waals surface area contributed by atoms with Gasteiger partial charge in [-0.2, -0.15) is 0 Å². The fraction of sp³-hybridized carbons (Fsp3) is 0.591. The van der Waals surface area contributed by atoms with Gasteiger partial charge in [0.2, 0.25) is 5.91 Å². The number of carbonyl (C=O) groups excluding carboxylic acids is 1. The van der Waals surface area contributed by atoms with Gasteiger partial charge < -0.3 is 14.6 Å². The summed E-state index contributed by atoms with van der Waals surface area (Å²) >= 11 is 0. The third-order valence-corrected chi connectivity index (χ3v) is 6.10. The molecule has 1 aromatic carbocycles. The summed E-state index contributed by atoms with van der Waals surface area (Å²) in [5.41, 5.74) is 2.49. The van der Waals surface area contributed by atoms with Crippen molar-refractivity contribution in [1.29, 1.82) is 0 Å². The van der Waals surface area contributed by atoms with Crippen molar-refractivity contribution in [2.75, 3.05) is 32.8 Å². The molecule has 27 heavy (non-hydrogen) atoms. The van der Waals surface area contributed by atoms with Gasteiger partial charge in [-0.15, -0.1) is 0 Å². The van der Waals surface area contributed by atoms with E-state index in [1.54, 1.807) is 0 Å². The van der Waals surface area contributed by atoms with Crippen molar-refractivity contribution in [1.82, 2.24) is 14.8 Å². The fourth-order valence-electron chi connectivity index (χ4n) is 4.67. The molecule has 0 spiro atoms. The third-order valence-electron chi connectivity index (χ3n) is 6.10. The highest BCUT2D eigenvalue weighted by Crippen LogP contribution is 2.23. The van der Waals surface area contributed by atoms with E-state index in [0.717, 1.165) is 45.7 Å². The van der Waals surface area contributed by atoms with Crippen LogP contribution in [0.5, 0.6) is 0 Å². The lowest BCUT2D eigenvalue weighted by molar-refractivity contribution is -0.140. The normalized spacial score (nSPS) is 23.5. The molecule has 0 aliphatic carbocycles. The van der Waals surface area contributed by atoms with E-state index in [-0.39, 0.29) is 0 Å². The first-order valence-electron chi connectivity index (χ1n) is 10.4. The van der Waals surface area contributed by atoms with Crippen LogP contribution in [0.25, 0.3) is 10.9 Å². The van der Waals surface area contributed by atoms with Crippen LogP contribution in [0, 0.1) is 0 Å². The van der Waals surface area contributed by atoms with Crippen molar-refractivity contribution in [2.45, 2.75) is 51.1 Å². The SMILES string of the molecule is CCC[C@H]1COC[C@H]2CN(C(=O)CCCc3c[nH]c4ccccc34)CCN12. The predicted molar refractivity (Wildman–Crippen MR) is 108 cm³/mol. The molecule has 5 nitrogen and oxygen atoms in total. The van der Waals surface area contributed by atoms with Crippen LogP contribution in [0.15, 0.2) is 30.5 Å². The average molecular weight is 370 g/mol. The molecule has 2 aliphatic heterocycles. The van der Waals surface area contributed by atoms with Crippen LogP contribution < -0.4 is 0 Å². The minimum Gasteiger partial charge on any atom is -0.378 e. The number of aromatic nitrogens is 1. The highest BCUT2D eigenvalue weighted by atomic mass is 16.5. The minimum atomic E-state index is 0.298. The van der Waals surface area contributed by atoms with Gasteiger partial charge in [-0.25, -0.2) is 0 Å². The number of amides is 1. The van der Waals surface area contributed by atoms with Crippen molar-refractivity contribution in [3.63, 3.8) is 0 Å². The Balaban J connectivity index is 1.28. The molecule has 0 bridgehead atoms. The van der Waals surface area contributed by atoms with E-state index in [9.17, 15) is 4.79 Å². The number of aryl methyl sites for hydroxylation is 1. The number of ether oxygens (including phenoxy) is 1. The highest BCUT2D eigenvalue weighted by Gasteiger charge is 2.36. The van der Waals surface area contributed by atoms with Gasteiger partial charge in [0.05, 0.1) is 19.3 Å². The Morgan fingerprint density at radius 2 is 2.15 bits per heavy atom. The summed E-state index contributed by atoms with van der Waals surface area (Å²) in [5, 5.41) is 1.28. The van der Waals surface area contributed by atoms with E-state index in [4.69, 9.17) is 4.74 Å². The molecule has 0 unspecified atom stereocenters. The van der Waals surface area contributed by atoms with Crippen LogP contribution in [-0.4, -0.2) is 65.6 Å². The van der Waals surface area contributed by atoms with Crippen LogP contribution in [0.2, 0.25) is 0 Å². The molecule has 0 saturated carbocycles. The first-order valence-corrected chi connectivity index (χ1v) is 10.4. The smallest absolute Gasteiger partial charge is 0.222 e. The monoisotopic (exact) mass is 369 g/mol. The van der Waals surface area contributed by atoms with E-state index < -0.39 is 0 Å². The van der Waals surface area contributed by atoms with Crippen LogP contribution in [0.1, 0.15) is 38.2 Å². The molecule has 2 aliphatic rings. The molecule has 5 heteroatoms. The lowest BCUT2D eigenvalue weighted by Crippen LogP contribution is -2.62. The first-order chi connectivity index (χ1) is 13.3. The lowest BCUT2D eigenvalue weighted by atomic mass is 10.0. The molecule has 2 saturated heterocycles. The number of nitrogens with one attached hydrogen (secondary N) is 1. The number of carbonyl (C=O) groups is 1. The van der Waals surface area contributed by atoms with Crippen LogP contribution in [-0.2, 0) is 16.0 Å². The Hall–Kier alpha value is -1.85. The van der Waals surface area contributed by atoms with E-state index >= 15 is 0 Å². The molecular weight excluding hydrogens is 338 g/mol. The number of aromatic amines is 1. The van der Waals surface area contributed by atoms with Crippen molar-refractivity contribution < 1.29 is 9.53 Å². The summed E-state index contributed by atoms with van der Waals surface area (Å²) in [6.07, 6.45) is 6.94.